The highest BCUT2D eigenvalue weighted by molar-refractivity contribution is 8.13. The molecule has 0 spiro atoms. The molecule has 1 amide bonds. The zero-order valence-corrected chi connectivity index (χ0v) is 12.6. The number of benzene rings is 1. The summed E-state index contributed by atoms with van der Waals surface area (Å²) in [6.07, 6.45) is 1.01. The van der Waals surface area contributed by atoms with Gasteiger partial charge in [-0.3, -0.25) is 4.79 Å². The predicted octanol–water partition coefficient (Wildman–Crippen LogP) is 0.528. The van der Waals surface area contributed by atoms with Gasteiger partial charge in [0, 0.05) is 29.0 Å². The molecule has 112 valence electrons. The van der Waals surface area contributed by atoms with E-state index in [9.17, 15) is 26.0 Å². The molecule has 0 fully saturated rings. The van der Waals surface area contributed by atoms with Gasteiger partial charge in [0.15, 0.2) is 0 Å². The lowest BCUT2D eigenvalue weighted by molar-refractivity contribution is 0.0956. The number of amides is 1. The van der Waals surface area contributed by atoms with Crippen LogP contribution in [0, 0.1) is 5.82 Å². The van der Waals surface area contributed by atoms with Crippen LogP contribution in [0.25, 0.3) is 0 Å². The van der Waals surface area contributed by atoms with Crippen molar-refractivity contribution in [2.24, 2.45) is 0 Å². The van der Waals surface area contributed by atoms with Crippen molar-refractivity contribution in [2.45, 2.75) is 4.90 Å². The first-order valence-corrected chi connectivity index (χ1v) is 9.58. The highest BCUT2D eigenvalue weighted by Gasteiger charge is 2.18. The van der Waals surface area contributed by atoms with Crippen LogP contribution in [0.2, 0.25) is 0 Å². The number of hydrogen-bond acceptors (Lipinski definition) is 5. The summed E-state index contributed by atoms with van der Waals surface area (Å²) >= 11 is 0. The molecule has 1 rings (SSSR count). The first kappa shape index (κ1) is 16.9. The molecule has 0 bridgehead atoms. The molecule has 1 N–H and O–H groups in total. The highest BCUT2D eigenvalue weighted by Crippen LogP contribution is 2.20. The Kier molecular flexibility index (Phi) is 5.11. The van der Waals surface area contributed by atoms with E-state index >= 15 is 0 Å². The number of carbonyl (C=O) groups excluding carboxylic acids is 1. The van der Waals surface area contributed by atoms with Crippen LogP contribution in [0.5, 0.6) is 0 Å². The monoisotopic (exact) mass is 343 g/mol. The molecule has 0 unspecified atom stereocenters. The van der Waals surface area contributed by atoms with Gasteiger partial charge in [0.2, 0.25) is 0 Å². The summed E-state index contributed by atoms with van der Waals surface area (Å²) in [5.74, 6) is -2.07. The third-order valence-corrected chi connectivity index (χ3v) is 4.50. The molecule has 0 saturated heterocycles. The van der Waals surface area contributed by atoms with E-state index in [2.05, 4.69) is 5.32 Å². The van der Waals surface area contributed by atoms with Crippen molar-refractivity contribution >= 4 is 35.5 Å². The van der Waals surface area contributed by atoms with Gasteiger partial charge in [-0.05, 0) is 18.2 Å². The van der Waals surface area contributed by atoms with Crippen LogP contribution in [-0.2, 0) is 18.9 Å². The van der Waals surface area contributed by atoms with E-state index in [0.717, 1.165) is 24.5 Å². The maximum atomic E-state index is 13.3. The topological polar surface area (TPSA) is 97.4 Å². The maximum Gasteiger partial charge on any atom is 0.264 e. The van der Waals surface area contributed by atoms with E-state index in [4.69, 9.17) is 10.7 Å². The van der Waals surface area contributed by atoms with Crippen molar-refractivity contribution in [1.29, 1.82) is 0 Å². The summed E-state index contributed by atoms with van der Waals surface area (Å²) in [6.45, 7) is -0.141. The number of carbonyl (C=O) groups is 1. The Morgan fingerprint density at radius 3 is 2.40 bits per heavy atom. The van der Waals surface area contributed by atoms with Crippen LogP contribution < -0.4 is 5.32 Å². The maximum absolute atomic E-state index is 13.3. The van der Waals surface area contributed by atoms with Gasteiger partial charge < -0.3 is 5.32 Å². The normalized spacial score (nSPS) is 12.2. The number of sulfone groups is 1. The van der Waals surface area contributed by atoms with Crippen molar-refractivity contribution in [3.63, 3.8) is 0 Å². The molecule has 20 heavy (non-hydrogen) atoms. The Bertz CT molecular complexity index is 730. The molecule has 0 atom stereocenters. The van der Waals surface area contributed by atoms with E-state index in [1.807, 2.05) is 0 Å². The summed E-state index contributed by atoms with van der Waals surface area (Å²) in [5.41, 5.74) is -0.140. The summed E-state index contributed by atoms with van der Waals surface area (Å²) < 4.78 is 57.2. The van der Waals surface area contributed by atoms with Gasteiger partial charge >= 0.3 is 0 Å². The smallest absolute Gasteiger partial charge is 0.264 e. The second kappa shape index (κ2) is 6.06. The average Bonchev–Trinajstić information content (AvgIpc) is 2.26. The summed E-state index contributed by atoms with van der Waals surface area (Å²) in [6, 6.07) is 2.64. The van der Waals surface area contributed by atoms with Gasteiger partial charge in [0.25, 0.3) is 15.0 Å². The lowest BCUT2D eigenvalue weighted by Gasteiger charge is -2.06. The van der Waals surface area contributed by atoms with E-state index in [-0.39, 0.29) is 17.9 Å². The molecule has 0 aliphatic carbocycles. The van der Waals surface area contributed by atoms with Crippen molar-refractivity contribution in [2.75, 3.05) is 18.6 Å². The highest BCUT2D eigenvalue weighted by atomic mass is 35.7. The molecule has 0 aliphatic rings. The van der Waals surface area contributed by atoms with Crippen LogP contribution in [0.15, 0.2) is 23.1 Å². The van der Waals surface area contributed by atoms with Crippen LogP contribution in [0.3, 0.4) is 0 Å². The number of rotatable bonds is 5. The van der Waals surface area contributed by atoms with Gasteiger partial charge in [0.05, 0.1) is 5.75 Å². The van der Waals surface area contributed by atoms with Crippen LogP contribution in [0.4, 0.5) is 4.39 Å². The minimum atomic E-state index is -4.31. The SMILES string of the molecule is CS(=O)(=O)CCNC(=O)c1ccc(F)c(S(=O)(=O)Cl)c1. The zero-order chi connectivity index (χ0) is 15.6. The Morgan fingerprint density at radius 1 is 1.30 bits per heavy atom. The third kappa shape index (κ3) is 5.06. The molecule has 1 aromatic carbocycles. The van der Waals surface area contributed by atoms with Gasteiger partial charge in [-0.2, -0.15) is 0 Å². The first-order valence-electron chi connectivity index (χ1n) is 5.21. The van der Waals surface area contributed by atoms with Crippen molar-refractivity contribution in [3.8, 4) is 0 Å². The Hall–Kier alpha value is -1.19. The minimum absolute atomic E-state index is 0.140. The molecule has 10 heteroatoms. The minimum Gasteiger partial charge on any atom is -0.351 e. The molecule has 0 aliphatic heterocycles. The fourth-order valence-corrected chi connectivity index (χ4v) is 2.68. The lowest BCUT2D eigenvalue weighted by atomic mass is 10.2. The van der Waals surface area contributed by atoms with Crippen LogP contribution in [-0.4, -0.2) is 41.3 Å². The average molecular weight is 344 g/mol. The van der Waals surface area contributed by atoms with Crippen molar-refractivity contribution in [3.05, 3.63) is 29.6 Å². The van der Waals surface area contributed by atoms with Gasteiger partial charge in [-0.1, -0.05) is 0 Å². The van der Waals surface area contributed by atoms with Crippen molar-refractivity contribution < 1.29 is 26.0 Å². The molecule has 0 radical (unpaired) electrons. The van der Waals surface area contributed by atoms with Gasteiger partial charge in [-0.25, -0.2) is 21.2 Å². The van der Waals surface area contributed by atoms with E-state index in [1.165, 1.54) is 0 Å². The molecule has 1 aromatic rings. The number of halogens is 2. The number of nitrogens with one attached hydrogen (secondary N) is 1. The zero-order valence-electron chi connectivity index (χ0n) is 10.3. The number of hydrogen-bond donors (Lipinski definition) is 1. The van der Waals surface area contributed by atoms with E-state index < -0.39 is 35.5 Å². The predicted molar refractivity (Wildman–Crippen MR) is 71.5 cm³/mol. The van der Waals surface area contributed by atoms with Crippen LogP contribution in [0.1, 0.15) is 10.4 Å². The summed E-state index contributed by atoms with van der Waals surface area (Å²) in [7, 11) is -2.52. The lowest BCUT2D eigenvalue weighted by Crippen LogP contribution is -2.28. The van der Waals surface area contributed by atoms with Crippen molar-refractivity contribution in [1.82, 2.24) is 5.32 Å². The fraction of sp³-hybridized carbons (Fsp3) is 0.300. The van der Waals surface area contributed by atoms with E-state index in [1.54, 1.807) is 0 Å². The summed E-state index contributed by atoms with van der Waals surface area (Å²) in [4.78, 5) is 10.8. The van der Waals surface area contributed by atoms with E-state index in [0.29, 0.717) is 0 Å². The van der Waals surface area contributed by atoms with Crippen LogP contribution >= 0.6 is 10.7 Å². The third-order valence-electron chi connectivity index (χ3n) is 2.21. The molecule has 6 nitrogen and oxygen atoms in total. The Morgan fingerprint density at radius 2 is 1.90 bits per heavy atom. The Labute approximate surface area is 120 Å². The second-order valence-corrected chi connectivity index (χ2v) is 8.76. The summed E-state index contributed by atoms with van der Waals surface area (Å²) in [5, 5.41) is 2.28. The van der Waals surface area contributed by atoms with Gasteiger partial charge in [0.1, 0.15) is 20.5 Å². The quantitative estimate of drug-likeness (QED) is 0.786. The Balaban J connectivity index is 2.90. The second-order valence-electron chi connectivity index (χ2n) is 3.97. The molecule has 0 saturated carbocycles. The van der Waals surface area contributed by atoms with Gasteiger partial charge in [-0.15, -0.1) is 0 Å². The first-order chi connectivity index (χ1) is 9.00. The molecule has 0 heterocycles. The largest absolute Gasteiger partial charge is 0.351 e. The molecular formula is C10H11ClFNO5S2. The molecular weight excluding hydrogens is 333 g/mol. The molecule has 0 aromatic heterocycles. The fourth-order valence-electron chi connectivity index (χ4n) is 1.28. The standard InChI is InChI=1S/C10H11ClFNO5S2/c1-19(15,16)5-4-13-10(14)7-2-3-8(12)9(6-7)20(11,17)18/h2-3,6H,4-5H2,1H3,(H,13,14).